The van der Waals surface area contributed by atoms with Crippen LogP contribution in [0.5, 0.6) is 0 Å². The molecule has 2 N–H and O–H groups in total. The van der Waals surface area contributed by atoms with E-state index in [4.69, 9.17) is 4.98 Å². The van der Waals surface area contributed by atoms with Crippen LogP contribution in [0.2, 0.25) is 0 Å². The second kappa shape index (κ2) is 10.1. The molecule has 1 atom stereocenters. The van der Waals surface area contributed by atoms with Crippen LogP contribution in [0.15, 0.2) is 55.0 Å². The second-order valence-electron chi connectivity index (χ2n) is 8.74. The Balaban J connectivity index is 1.47. The van der Waals surface area contributed by atoms with Crippen LogP contribution in [-0.2, 0) is 12.8 Å². The van der Waals surface area contributed by atoms with Gasteiger partial charge in [-0.3, -0.25) is 14.2 Å². The summed E-state index contributed by atoms with van der Waals surface area (Å²) in [7, 11) is 0. The lowest BCUT2D eigenvalue weighted by atomic mass is 10.1. The van der Waals surface area contributed by atoms with Gasteiger partial charge in [0.1, 0.15) is 11.6 Å². The standard InChI is InChI=1S/C27H23F3N6O2/c1-2-12-35-13-3-4-21(35)25-34-23(24-20(16-37)31-11-14-36(24)25)17-5-7-18(8-6-17)26(38)33-22-15-19(9-10-32-22)27(28,29)30/h5-11,14-15,21,37H,3-4,13,16H2,1H3,(H,32,33,38). The summed E-state index contributed by atoms with van der Waals surface area (Å²) in [4.78, 5) is 27.8. The van der Waals surface area contributed by atoms with Gasteiger partial charge in [-0.1, -0.05) is 18.1 Å². The largest absolute Gasteiger partial charge is 0.416 e. The number of aliphatic hydroxyl groups is 1. The Morgan fingerprint density at radius 3 is 2.68 bits per heavy atom. The molecule has 1 saturated heterocycles. The van der Waals surface area contributed by atoms with Crippen LogP contribution < -0.4 is 5.32 Å². The number of imidazole rings is 1. The van der Waals surface area contributed by atoms with Crippen molar-refractivity contribution in [1.82, 2.24) is 24.3 Å². The number of carbonyl (C=O) groups excluding carboxylic acids is 1. The summed E-state index contributed by atoms with van der Waals surface area (Å²) >= 11 is 0. The average Bonchev–Trinajstić information content (AvgIpc) is 3.53. The maximum absolute atomic E-state index is 13.0. The quantitative estimate of drug-likeness (QED) is 0.372. The van der Waals surface area contributed by atoms with Crippen molar-refractivity contribution in [3.05, 3.63) is 77.6 Å². The summed E-state index contributed by atoms with van der Waals surface area (Å²) in [5.41, 5.74) is 1.74. The second-order valence-corrected chi connectivity index (χ2v) is 8.74. The number of benzene rings is 1. The monoisotopic (exact) mass is 520 g/mol. The zero-order chi connectivity index (χ0) is 26.9. The van der Waals surface area contributed by atoms with Crippen LogP contribution in [0.4, 0.5) is 19.0 Å². The maximum Gasteiger partial charge on any atom is 0.416 e. The van der Waals surface area contributed by atoms with Crippen molar-refractivity contribution >= 4 is 17.2 Å². The van der Waals surface area contributed by atoms with Gasteiger partial charge in [0.15, 0.2) is 0 Å². The normalized spacial score (nSPS) is 15.4. The number of fused-ring (bicyclic) bond motifs is 1. The summed E-state index contributed by atoms with van der Waals surface area (Å²) in [6, 6.07) is 11.3. The Morgan fingerprint density at radius 1 is 1.18 bits per heavy atom. The van der Waals surface area contributed by atoms with Gasteiger partial charge in [0.25, 0.3) is 5.91 Å². The van der Waals surface area contributed by atoms with Crippen LogP contribution >= 0.6 is 0 Å². The fraction of sp³-hybridized carbons (Fsp3) is 0.259. The number of nitrogens with one attached hydrogen (secondary N) is 1. The van der Waals surface area contributed by atoms with Gasteiger partial charge in [-0.15, -0.1) is 0 Å². The van der Waals surface area contributed by atoms with Gasteiger partial charge in [-0.2, -0.15) is 13.2 Å². The van der Waals surface area contributed by atoms with E-state index in [1.807, 2.05) is 4.40 Å². The van der Waals surface area contributed by atoms with Crippen molar-refractivity contribution in [3.8, 4) is 23.2 Å². The fourth-order valence-electron chi connectivity index (χ4n) is 4.64. The van der Waals surface area contributed by atoms with E-state index in [0.717, 1.165) is 43.5 Å². The predicted molar refractivity (Wildman–Crippen MR) is 134 cm³/mol. The van der Waals surface area contributed by atoms with E-state index < -0.39 is 17.6 Å². The number of hydrogen-bond acceptors (Lipinski definition) is 6. The van der Waals surface area contributed by atoms with Gasteiger partial charge < -0.3 is 15.3 Å². The molecule has 1 unspecified atom stereocenters. The highest BCUT2D eigenvalue weighted by Crippen LogP contribution is 2.35. The molecule has 1 fully saturated rings. The number of likely N-dealkylation sites (tertiary alicyclic amines) is 1. The molecule has 1 aliphatic heterocycles. The van der Waals surface area contributed by atoms with E-state index in [0.29, 0.717) is 22.5 Å². The Morgan fingerprint density at radius 2 is 1.97 bits per heavy atom. The molecule has 0 saturated carbocycles. The van der Waals surface area contributed by atoms with E-state index in [1.165, 1.54) is 0 Å². The third-order valence-corrected chi connectivity index (χ3v) is 6.36. The lowest BCUT2D eigenvalue weighted by Crippen LogP contribution is -2.19. The molecule has 4 heterocycles. The number of anilines is 1. The van der Waals surface area contributed by atoms with Crippen molar-refractivity contribution in [2.75, 3.05) is 11.9 Å². The number of hydrogen-bond donors (Lipinski definition) is 2. The topological polar surface area (TPSA) is 95.7 Å². The first-order valence-corrected chi connectivity index (χ1v) is 11.9. The lowest BCUT2D eigenvalue weighted by molar-refractivity contribution is -0.137. The zero-order valence-corrected chi connectivity index (χ0v) is 20.3. The molecule has 0 radical (unpaired) electrons. The molecule has 1 aromatic carbocycles. The van der Waals surface area contributed by atoms with E-state index in [2.05, 4.69) is 32.1 Å². The van der Waals surface area contributed by atoms with E-state index in [-0.39, 0.29) is 24.0 Å². The molecule has 0 spiro atoms. The van der Waals surface area contributed by atoms with Crippen LogP contribution in [0.3, 0.4) is 0 Å². The summed E-state index contributed by atoms with van der Waals surface area (Å²) in [6.07, 6.45) is 1.73. The van der Waals surface area contributed by atoms with Gasteiger partial charge in [-0.05, 0) is 44.0 Å². The number of aromatic nitrogens is 4. The van der Waals surface area contributed by atoms with Crippen LogP contribution in [0, 0.1) is 12.0 Å². The van der Waals surface area contributed by atoms with E-state index in [9.17, 15) is 23.1 Å². The number of halogens is 3. The molecule has 1 aliphatic rings. The molecule has 0 aliphatic carbocycles. The first-order chi connectivity index (χ1) is 18.3. The summed E-state index contributed by atoms with van der Waals surface area (Å²) in [6.45, 7) is 2.34. The van der Waals surface area contributed by atoms with Crippen molar-refractivity contribution in [2.24, 2.45) is 0 Å². The fourth-order valence-corrected chi connectivity index (χ4v) is 4.64. The molecular formula is C27H23F3N6O2. The number of alkyl halides is 3. The molecule has 0 bridgehead atoms. The molecule has 11 heteroatoms. The number of nitrogens with zero attached hydrogens (tertiary/aromatic N) is 5. The summed E-state index contributed by atoms with van der Waals surface area (Å²) in [5.74, 6) is 2.93. The number of aliphatic hydroxyl groups excluding tert-OH is 1. The molecule has 8 nitrogen and oxygen atoms in total. The van der Waals surface area contributed by atoms with Gasteiger partial charge >= 0.3 is 6.18 Å². The molecule has 5 rings (SSSR count). The van der Waals surface area contributed by atoms with Crippen molar-refractivity contribution in [1.29, 1.82) is 0 Å². The Labute approximate surface area is 216 Å². The predicted octanol–water partition coefficient (Wildman–Crippen LogP) is 4.67. The third kappa shape index (κ3) is 4.78. The number of rotatable bonds is 5. The molecule has 4 aromatic rings. The third-order valence-electron chi connectivity index (χ3n) is 6.36. The Bertz CT molecular complexity index is 1550. The number of pyridine rings is 1. The Kier molecular flexibility index (Phi) is 6.73. The molecule has 3 aromatic heterocycles. The average molecular weight is 521 g/mol. The number of amides is 1. The van der Waals surface area contributed by atoms with E-state index >= 15 is 0 Å². The molecule has 38 heavy (non-hydrogen) atoms. The van der Waals surface area contributed by atoms with Gasteiger partial charge in [0, 0.05) is 42.3 Å². The van der Waals surface area contributed by atoms with Gasteiger partial charge in [0.05, 0.1) is 35.1 Å². The molecular weight excluding hydrogens is 497 g/mol. The molecule has 1 amide bonds. The summed E-state index contributed by atoms with van der Waals surface area (Å²) in [5, 5.41) is 12.4. The highest BCUT2D eigenvalue weighted by Gasteiger charge is 2.31. The first-order valence-electron chi connectivity index (χ1n) is 11.9. The Hall–Kier alpha value is -4.43. The minimum atomic E-state index is -4.54. The van der Waals surface area contributed by atoms with Crippen molar-refractivity contribution in [3.63, 3.8) is 0 Å². The number of carbonyl (C=O) groups is 1. The zero-order valence-electron chi connectivity index (χ0n) is 20.3. The van der Waals surface area contributed by atoms with Crippen LogP contribution in [0.25, 0.3) is 16.8 Å². The van der Waals surface area contributed by atoms with Crippen LogP contribution in [0.1, 0.15) is 53.2 Å². The van der Waals surface area contributed by atoms with Crippen molar-refractivity contribution < 1.29 is 23.1 Å². The van der Waals surface area contributed by atoms with Crippen molar-refractivity contribution in [2.45, 2.75) is 38.6 Å². The maximum atomic E-state index is 13.0. The minimum absolute atomic E-state index is 0.0253. The van der Waals surface area contributed by atoms with Crippen LogP contribution in [-0.4, -0.2) is 41.8 Å². The smallest absolute Gasteiger partial charge is 0.390 e. The SMILES string of the molecule is CC#CN1CCCC1c1nc(-c2ccc(C(=O)Nc3cc(C(F)(F)F)ccn3)cc2)c2c(CO)nccn12. The minimum Gasteiger partial charge on any atom is -0.390 e. The van der Waals surface area contributed by atoms with Gasteiger partial charge in [-0.25, -0.2) is 9.97 Å². The summed E-state index contributed by atoms with van der Waals surface area (Å²) < 4.78 is 40.9. The van der Waals surface area contributed by atoms with E-state index in [1.54, 1.807) is 43.6 Å². The molecule has 194 valence electrons. The van der Waals surface area contributed by atoms with Gasteiger partial charge in [0.2, 0.25) is 0 Å². The highest BCUT2D eigenvalue weighted by atomic mass is 19.4. The highest BCUT2D eigenvalue weighted by molar-refractivity contribution is 6.04. The lowest BCUT2D eigenvalue weighted by Gasteiger charge is -2.19. The first kappa shape index (κ1) is 25.2.